The summed E-state index contributed by atoms with van der Waals surface area (Å²) >= 11 is 0. The summed E-state index contributed by atoms with van der Waals surface area (Å²) in [4.78, 5) is 5.32. The molecule has 0 bridgehead atoms. The maximum Gasteiger partial charge on any atom is 0.138 e. The van der Waals surface area contributed by atoms with Crippen LogP contribution in [0.15, 0.2) is 188 Å². The van der Waals surface area contributed by atoms with Crippen LogP contribution in [0, 0.1) is 0 Å². The Labute approximate surface area is 290 Å². The third-order valence-electron chi connectivity index (χ3n) is 9.91. The molecule has 3 heteroatoms. The number of nitrogens with zero attached hydrogens (tertiary/aromatic N) is 3. The van der Waals surface area contributed by atoms with Gasteiger partial charge < -0.3 is 4.57 Å². The molecule has 0 saturated heterocycles. The van der Waals surface area contributed by atoms with Gasteiger partial charge >= 0.3 is 0 Å². The molecular formula is C47H31N3. The molecule has 0 saturated carbocycles. The van der Waals surface area contributed by atoms with E-state index < -0.39 is 0 Å². The molecule has 0 amide bonds. The number of aromatic nitrogens is 3. The lowest BCUT2D eigenvalue weighted by Crippen LogP contribution is -2.00. The van der Waals surface area contributed by atoms with Crippen molar-refractivity contribution in [1.82, 2.24) is 14.1 Å². The average Bonchev–Trinajstić information content (AvgIpc) is 3.71. The molecule has 3 nitrogen and oxygen atoms in total. The number of para-hydroxylation sites is 4. The minimum absolute atomic E-state index is 0.899. The van der Waals surface area contributed by atoms with Gasteiger partial charge in [0.1, 0.15) is 5.82 Å². The van der Waals surface area contributed by atoms with E-state index >= 15 is 0 Å². The summed E-state index contributed by atoms with van der Waals surface area (Å²) in [5.74, 6) is 0.899. The molecule has 3 heterocycles. The Morgan fingerprint density at radius 2 is 0.920 bits per heavy atom. The van der Waals surface area contributed by atoms with Gasteiger partial charge in [-0.1, -0.05) is 140 Å². The first kappa shape index (κ1) is 28.3. The number of fused-ring (bicyclic) bond motifs is 6. The van der Waals surface area contributed by atoms with E-state index in [0.717, 1.165) is 39.4 Å². The Bertz CT molecular complexity index is 2790. The molecule has 0 fully saturated rings. The summed E-state index contributed by atoms with van der Waals surface area (Å²) in [5.41, 5.74) is 12.6. The molecule has 234 valence electrons. The van der Waals surface area contributed by atoms with Gasteiger partial charge in [-0.15, -0.1) is 0 Å². The molecular weight excluding hydrogens is 607 g/mol. The van der Waals surface area contributed by atoms with Crippen molar-refractivity contribution >= 4 is 43.6 Å². The van der Waals surface area contributed by atoms with E-state index in [1.165, 1.54) is 49.3 Å². The van der Waals surface area contributed by atoms with Gasteiger partial charge in [-0.05, 0) is 65.2 Å². The van der Waals surface area contributed by atoms with Gasteiger partial charge in [0.2, 0.25) is 0 Å². The molecule has 0 aliphatic carbocycles. The van der Waals surface area contributed by atoms with Crippen molar-refractivity contribution in [3.05, 3.63) is 188 Å². The van der Waals surface area contributed by atoms with Gasteiger partial charge in [-0.2, -0.15) is 0 Å². The second-order valence-electron chi connectivity index (χ2n) is 12.8. The van der Waals surface area contributed by atoms with Crippen molar-refractivity contribution in [1.29, 1.82) is 0 Å². The first-order valence-corrected chi connectivity index (χ1v) is 17.1. The molecule has 7 aromatic carbocycles. The number of hydrogen-bond donors (Lipinski definition) is 0. The highest BCUT2D eigenvalue weighted by atomic mass is 15.1. The Morgan fingerprint density at radius 3 is 1.66 bits per heavy atom. The Morgan fingerprint density at radius 1 is 0.340 bits per heavy atom. The van der Waals surface area contributed by atoms with E-state index in [1.807, 2.05) is 0 Å². The molecule has 0 aliphatic heterocycles. The van der Waals surface area contributed by atoms with Crippen LogP contribution in [0.3, 0.4) is 0 Å². The van der Waals surface area contributed by atoms with Crippen molar-refractivity contribution in [2.75, 3.05) is 0 Å². The SMILES string of the molecule is c1ccc(-c2cc(-c3ccccc3)nc(-n3c4ccccc4c4cc(-c5cccc6c7ccccc7n(-c7ccccc7)c56)ccc43)c2)cc1. The highest BCUT2D eigenvalue weighted by Gasteiger charge is 2.19. The second-order valence-corrected chi connectivity index (χ2v) is 12.8. The van der Waals surface area contributed by atoms with Crippen LogP contribution < -0.4 is 0 Å². The van der Waals surface area contributed by atoms with E-state index in [9.17, 15) is 0 Å². The van der Waals surface area contributed by atoms with Gasteiger partial charge in [-0.3, -0.25) is 4.57 Å². The van der Waals surface area contributed by atoms with Crippen LogP contribution in [0.25, 0.3) is 88.6 Å². The van der Waals surface area contributed by atoms with Gasteiger partial charge in [0.15, 0.2) is 0 Å². The molecule has 0 radical (unpaired) electrons. The first-order valence-electron chi connectivity index (χ1n) is 17.1. The molecule has 0 unspecified atom stereocenters. The summed E-state index contributed by atoms with van der Waals surface area (Å²) in [7, 11) is 0. The van der Waals surface area contributed by atoms with E-state index in [1.54, 1.807) is 0 Å². The standard InChI is InChI=1S/C47H31N3/c1-4-15-32(16-5-1)35-30-42(33-17-6-2-7-18-33)48-46(31-35)50-44-26-13-11-22-39(44)41-29-34(27-28-45(41)50)37-23-14-24-40-38-21-10-12-25-43(38)49(47(37)40)36-19-8-3-9-20-36/h1-31H. The zero-order valence-electron chi connectivity index (χ0n) is 27.2. The van der Waals surface area contributed by atoms with Gasteiger partial charge in [0.05, 0.1) is 27.8 Å². The zero-order chi connectivity index (χ0) is 33.0. The fourth-order valence-corrected chi connectivity index (χ4v) is 7.67. The third kappa shape index (κ3) is 4.48. The number of pyridine rings is 1. The zero-order valence-corrected chi connectivity index (χ0v) is 27.2. The van der Waals surface area contributed by atoms with Crippen LogP contribution in [0.2, 0.25) is 0 Å². The fourth-order valence-electron chi connectivity index (χ4n) is 7.67. The molecule has 0 spiro atoms. The Hall–Kier alpha value is -6.71. The van der Waals surface area contributed by atoms with Gasteiger partial charge in [-0.25, -0.2) is 4.98 Å². The summed E-state index contributed by atoms with van der Waals surface area (Å²) in [6.07, 6.45) is 0. The first-order chi connectivity index (χ1) is 24.8. The smallest absolute Gasteiger partial charge is 0.138 e. The van der Waals surface area contributed by atoms with E-state index in [0.29, 0.717) is 0 Å². The predicted octanol–water partition coefficient (Wildman–Crippen LogP) is 12.3. The maximum atomic E-state index is 5.32. The minimum Gasteiger partial charge on any atom is -0.309 e. The topological polar surface area (TPSA) is 22.8 Å². The van der Waals surface area contributed by atoms with Crippen LogP contribution >= 0.6 is 0 Å². The van der Waals surface area contributed by atoms with Crippen LogP contribution in [0.1, 0.15) is 0 Å². The predicted molar refractivity (Wildman–Crippen MR) is 209 cm³/mol. The molecule has 10 aromatic rings. The molecule has 50 heavy (non-hydrogen) atoms. The van der Waals surface area contributed by atoms with Crippen LogP contribution in [-0.4, -0.2) is 14.1 Å². The summed E-state index contributed by atoms with van der Waals surface area (Å²) in [6, 6.07) is 67.2. The summed E-state index contributed by atoms with van der Waals surface area (Å²) < 4.78 is 4.74. The summed E-state index contributed by atoms with van der Waals surface area (Å²) in [5, 5.41) is 4.91. The summed E-state index contributed by atoms with van der Waals surface area (Å²) in [6.45, 7) is 0. The molecule has 10 rings (SSSR count). The van der Waals surface area contributed by atoms with Crippen molar-refractivity contribution in [2.45, 2.75) is 0 Å². The van der Waals surface area contributed by atoms with Crippen molar-refractivity contribution in [3.8, 4) is 45.0 Å². The molecule has 0 N–H and O–H groups in total. The van der Waals surface area contributed by atoms with Crippen LogP contribution in [0.4, 0.5) is 0 Å². The van der Waals surface area contributed by atoms with Crippen molar-refractivity contribution < 1.29 is 0 Å². The van der Waals surface area contributed by atoms with Crippen LogP contribution in [0.5, 0.6) is 0 Å². The lowest BCUT2D eigenvalue weighted by atomic mass is 10.00. The number of benzene rings is 7. The largest absolute Gasteiger partial charge is 0.309 e. The Kier molecular flexibility index (Phi) is 6.49. The normalized spacial score (nSPS) is 11.6. The maximum absolute atomic E-state index is 5.32. The van der Waals surface area contributed by atoms with E-state index in [-0.39, 0.29) is 0 Å². The van der Waals surface area contributed by atoms with E-state index in [4.69, 9.17) is 4.98 Å². The monoisotopic (exact) mass is 637 g/mol. The third-order valence-corrected chi connectivity index (χ3v) is 9.91. The fraction of sp³-hybridized carbons (Fsp3) is 0. The van der Waals surface area contributed by atoms with Crippen LogP contribution in [-0.2, 0) is 0 Å². The highest BCUT2D eigenvalue weighted by molar-refractivity contribution is 6.15. The number of hydrogen-bond acceptors (Lipinski definition) is 1. The van der Waals surface area contributed by atoms with Crippen molar-refractivity contribution in [3.63, 3.8) is 0 Å². The van der Waals surface area contributed by atoms with Gasteiger partial charge in [0.25, 0.3) is 0 Å². The lowest BCUT2D eigenvalue weighted by Gasteiger charge is -2.13. The van der Waals surface area contributed by atoms with Gasteiger partial charge in [0, 0.05) is 38.4 Å². The molecule has 0 aliphatic rings. The second kappa shape index (κ2) is 11.5. The molecule has 3 aromatic heterocycles. The molecule has 0 atom stereocenters. The lowest BCUT2D eigenvalue weighted by molar-refractivity contribution is 1.08. The van der Waals surface area contributed by atoms with Crippen molar-refractivity contribution in [2.24, 2.45) is 0 Å². The Balaban J connectivity index is 1.23. The number of rotatable bonds is 5. The highest BCUT2D eigenvalue weighted by Crippen LogP contribution is 2.41. The van der Waals surface area contributed by atoms with E-state index in [2.05, 4.69) is 197 Å². The minimum atomic E-state index is 0.899. The quantitative estimate of drug-likeness (QED) is 0.184. The average molecular weight is 638 g/mol.